The predicted octanol–water partition coefficient (Wildman–Crippen LogP) is 2.62. The Morgan fingerprint density at radius 1 is 1.00 bits per heavy atom. The van der Waals surface area contributed by atoms with Crippen LogP contribution in [0.5, 0.6) is 0 Å². The van der Waals surface area contributed by atoms with E-state index >= 15 is 0 Å². The summed E-state index contributed by atoms with van der Waals surface area (Å²) in [4.78, 5) is 0. The van der Waals surface area contributed by atoms with Crippen LogP contribution in [0.25, 0.3) is 0 Å². The molecule has 0 bridgehead atoms. The molecule has 1 rings (SSSR count). The molecule has 75 valence electrons. The first-order chi connectivity index (χ1) is 6.41. The first kappa shape index (κ1) is 23.3. The Morgan fingerprint density at radius 2 is 1.29 bits per heavy atom. The van der Waals surface area contributed by atoms with Crippen molar-refractivity contribution in [1.82, 2.24) is 0 Å². The minimum atomic E-state index is 0. The van der Waals surface area contributed by atoms with Crippen LogP contribution in [-0.2, 0) is 30.4 Å². The minimum Gasteiger partial charge on any atom is -0.0767 e. The van der Waals surface area contributed by atoms with Crippen molar-refractivity contribution in [2.75, 3.05) is 0 Å². The van der Waals surface area contributed by atoms with E-state index in [1.807, 2.05) is 50.6 Å². The molecule has 0 aromatic rings. The fourth-order valence-electron chi connectivity index (χ4n) is 0.321. The number of allylic oxidation sites excluding steroid dienone is 6. The maximum atomic E-state index is 7.50. The summed E-state index contributed by atoms with van der Waals surface area (Å²) in [5, 5.41) is 0. The Bertz CT molecular complexity index is 168. The molecule has 1 radical (unpaired) electrons. The second-order valence-corrected chi connectivity index (χ2v) is 1.54. The van der Waals surface area contributed by atoms with Gasteiger partial charge in [0.25, 0.3) is 0 Å². The summed E-state index contributed by atoms with van der Waals surface area (Å²) >= 11 is 0. The second kappa shape index (κ2) is 39.4. The van der Waals surface area contributed by atoms with Crippen molar-refractivity contribution in [3.63, 3.8) is 0 Å². The van der Waals surface area contributed by atoms with Gasteiger partial charge in [-0.2, -0.15) is 6.92 Å². The average molecular weight is 360 g/mol. The maximum Gasteiger partial charge on any atom is 0.00506 e. The van der Waals surface area contributed by atoms with Crippen molar-refractivity contribution in [3.8, 4) is 0 Å². The SMILES string of the molecule is C[C-]=CC.[C-]#[O+].[C-]#[O+].[CH]1C=CC=C1.[W]. The van der Waals surface area contributed by atoms with E-state index in [1.54, 1.807) is 0 Å². The van der Waals surface area contributed by atoms with Crippen LogP contribution in [0.1, 0.15) is 13.8 Å². The van der Waals surface area contributed by atoms with Crippen molar-refractivity contribution < 1.29 is 30.4 Å². The summed E-state index contributed by atoms with van der Waals surface area (Å²) in [6.07, 6.45) is 14.7. The van der Waals surface area contributed by atoms with Crippen LogP contribution in [0, 0.1) is 25.8 Å². The Hall–Kier alpha value is -0.612. The van der Waals surface area contributed by atoms with E-state index in [2.05, 4.69) is 19.4 Å². The first-order valence-electron chi connectivity index (χ1n) is 3.44. The third-order valence-electron chi connectivity index (χ3n) is 0.844. The van der Waals surface area contributed by atoms with Crippen molar-refractivity contribution >= 4 is 0 Å². The maximum absolute atomic E-state index is 7.50. The van der Waals surface area contributed by atoms with Crippen molar-refractivity contribution in [2.24, 2.45) is 0 Å². The van der Waals surface area contributed by atoms with E-state index in [1.165, 1.54) is 0 Å². The summed E-state index contributed by atoms with van der Waals surface area (Å²) in [5.41, 5.74) is 0. The second-order valence-electron chi connectivity index (χ2n) is 1.54. The predicted molar refractivity (Wildman–Crippen MR) is 49.6 cm³/mol. The summed E-state index contributed by atoms with van der Waals surface area (Å²) in [5.74, 6) is 0. The molecular formula is C11H12O2W-. The molecule has 0 saturated carbocycles. The van der Waals surface area contributed by atoms with Gasteiger partial charge in [-0.05, 0) is 0 Å². The molecule has 0 fully saturated rings. The number of hydrogen-bond donors (Lipinski definition) is 0. The quantitative estimate of drug-likeness (QED) is 0.471. The van der Waals surface area contributed by atoms with E-state index in [9.17, 15) is 0 Å². The molecule has 0 unspecified atom stereocenters. The molecular weight excluding hydrogens is 348 g/mol. The molecule has 2 nitrogen and oxygen atoms in total. The van der Waals surface area contributed by atoms with Crippen molar-refractivity contribution in [1.29, 1.82) is 0 Å². The van der Waals surface area contributed by atoms with Crippen LogP contribution in [0.4, 0.5) is 0 Å². The standard InChI is InChI=1S/C5H5.C4H7.2CO.W/c1-2-4-5-3-1;1-3-4-2;2*1-2;/h1-5H;3H,1-2H3;;;/q;-1;;;. The Morgan fingerprint density at radius 3 is 1.36 bits per heavy atom. The van der Waals surface area contributed by atoms with Gasteiger partial charge in [0, 0.05) is 27.5 Å². The first-order valence-corrected chi connectivity index (χ1v) is 3.44. The van der Waals surface area contributed by atoms with Gasteiger partial charge < -0.3 is 6.08 Å². The zero-order chi connectivity index (χ0) is 10.9. The third-order valence-corrected chi connectivity index (χ3v) is 0.844. The third kappa shape index (κ3) is 42.3. The fraction of sp³-hybridized carbons (Fsp3) is 0.182. The topological polar surface area (TPSA) is 39.8 Å². The Labute approximate surface area is 100 Å². The number of rotatable bonds is 0. The van der Waals surface area contributed by atoms with Crippen LogP contribution in [0.3, 0.4) is 0 Å². The molecule has 0 heterocycles. The van der Waals surface area contributed by atoms with Crippen LogP contribution in [-0.4, -0.2) is 0 Å². The van der Waals surface area contributed by atoms with Gasteiger partial charge in [-0.1, -0.05) is 31.2 Å². The molecule has 14 heavy (non-hydrogen) atoms. The number of hydrogen-bond acceptors (Lipinski definition) is 0. The molecule has 1 aliphatic carbocycles. The zero-order valence-electron chi connectivity index (χ0n) is 8.19. The molecule has 0 aromatic heterocycles. The van der Waals surface area contributed by atoms with E-state index in [0.29, 0.717) is 0 Å². The van der Waals surface area contributed by atoms with Crippen molar-refractivity contribution in [3.05, 3.63) is 56.2 Å². The van der Waals surface area contributed by atoms with Gasteiger partial charge in [-0.15, -0.1) is 0 Å². The van der Waals surface area contributed by atoms with Gasteiger partial charge in [-0.25, -0.2) is 0 Å². The van der Waals surface area contributed by atoms with Crippen molar-refractivity contribution in [2.45, 2.75) is 13.8 Å². The minimum absolute atomic E-state index is 0. The average Bonchev–Trinajstić information content (AvgIpc) is 2.82. The van der Waals surface area contributed by atoms with Crippen LogP contribution in [0.2, 0.25) is 0 Å². The molecule has 0 saturated heterocycles. The van der Waals surface area contributed by atoms with E-state index < -0.39 is 0 Å². The normalized spacial score (nSPS) is 9.29. The largest absolute Gasteiger partial charge is 0.0767 e. The molecule has 1 aliphatic rings. The summed E-state index contributed by atoms with van der Waals surface area (Å²) < 4.78 is 15.0. The fourth-order valence-corrected chi connectivity index (χ4v) is 0.321. The van der Waals surface area contributed by atoms with Gasteiger partial charge in [0.15, 0.2) is 0 Å². The molecule has 0 amide bonds. The zero-order valence-corrected chi connectivity index (χ0v) is 11.1. The monoisotopic (exact) mass is 360 g/mol. The van der Waals surface area contributed by atoms with E-state index in [-0.39, 0.29) is 21.1 Å². The van der Waals surface area contributed by atoms with Crippen LogP contribution < -0.4 is 0 Å². The van der Waals surface area contributed by atoms with E-state index in [0.717, 1.165) is 0 Å². The van der Waals surface area contributed by atoms with Gasteiger partial charge in [0.05, 0.1) is 0 Å². The molecule has 0 spiro atoms. The summed E-state index contributed by atoms with van der Waals surface area (Å²) in [6.45, 7) is 12.8. The molecule has 3 heteroatoms. The van der Waals surface area contributed by atoms with Gasteiger partial charge >= 0.3 is 22.6 Å². The smallest absolute Gasteiger partial charge is 0.00506 e. The van der Waals surface area contributed by atoms with Crippen LogP contribution >= 0.6 is 0 Å². The Balaban J connectivity index is -0.0000000511. The van der Waals surface area contributed by atoms with Crippen LogP contribution in [0.15, 0.2) is 30.4 Å². The summed E-state index contributed by atoms with van der Waals surface area (Å²) in [7, 11) is 0. The Kier molecular flexibility index (Phi) is 65.6. The van der Waals surface area contributed by atoms with Gasteiger partial charge in [-0.3, -0.25) is 6.08 Å². The molecule has 0 aliphatic heterocycles. The molecule has 0 atom stereocenters. The van der Waals surface area contributed by atoms with E-state index in [4.69, 9.17) is 9.30 Å². The van der Waals surface area contributed by atoms with Gasteiger partial charge in [0.1, 0.15) is 0 Å². The van der Waals surface area contributed by atoms with Gasteiger partial charge in [0.2, 0.25) is 0 Å². The molecule has 0 aromatic carbocycles. The molecule has 0 N–H and O–H groups in total. The summed E-state index contributed by atoms with van der Waals surface area (Å²) in [6, 6.07) is 0.